The molecule has 0 spiro atoms. The third kappa shape index (κ3) is 5.35. The number of piperidine rings is 1. The lowest BCUT2D eigenvalue weighted by atomic mass is 9.90. The first-order valence-corrected chi connectivity index (χ1v) is 9.90. The van der Waals surface area contributed by atoms with E-state index in [0.717, 1.165) is 25.0 Å². The normalized spacial score (nSPS) is 14.6. The second-order valence-electron chi connectivity index (χ2n) is 7.13. The SMILES string of the molecule is COCCCNC(=O)c1cnc(C)nc1C1CCN(C(=O)c2cccnc2)CC1. The van der Waals surface area contributed by atoms with Gasteiger partial charge in [0.2, 0.25) is 0 Å². The summed E-state index contributed by atoms with van der Waals surface area (Å²) in [4.78, 5) is 39.9. The van der Waals surface area contributed by atoms with E-state index in [1.54, 1.807) is 37.8 Å². The van der Waals surface area contributed by atoms with Gasteiger partial charge in [-0.05, 0) is 38.3 Å². The van der Waals surface area contributed by atoms with Crippen molar-refractivity contribution in [2.75, 3.05) is 33.4 Å². The molecular formula is C21H27N5O3. The first kappa shape index (κ1) is 20.9. The Balaban J connectivity index is 1.66. The number of hydrogen-bond acceptors (Lipinski definition) is 6. The van der Waals surface area contributed by atoms with Gasteiger partial charge in [0.25, 0.3) is 11.8 Å². The maximum Gasteiger partial charge on any atom is 0.255 e. The van der Waals surface area contributed by atoms with Gasteiger partial charge in [-0.25, -0.2) is 9.97 Å². The van der Waals surface area contributed by atoms with Gasteiger partial charge in [-0.3, -0.25) is 14.6 Å². The topological polar surface area (TPSA) is 97.3 Å². The summed E-state index contributed by atoms with van der Waals surface area (Å²) in [6.07, 6.45) is 7.12. The maximum absolute atomic E-state index is 12.6. The molecule has 8 heteroatoms. The molecule has 154 valence electrons. The smallest absolute Gasteiger partial charge is 0.255 e. The zero-order valence-corrected chi connectivity index (χ0v) is 16.9. The van der Waals surface area contributed by atoms with Crippen LogP contribution in [0, 0.1) is 6.92 Å². The van der Waals surface area contributed by atoms with E-state index in [2.05, 4.69) is 20.3 Å². The largest absolute Gasteiger partial charge is 0.385 e. The lowest BCUT2D eigenvalue weighted by molar-refractivity contribution is 0.0710. The average molecular weight is 397 g/mol. The van der Waals surface area contributed by atoms with Gasteiger partial charge < -0.3 is 15.0 Å². The Morgan fingerprint density at radius 2 is 2.07 bits per heavy atom. The molecule has 2 aromatic heterocycles. The molecule has 29 heavy (non-hydrogen) atoms. The predicted molar refractivity (Wildman–Crippen MR) is 108 cm³/mol. The molecule has 3 rings (SSSR count). The Kier molecular flexibility index (Phi) is 7.24. The van der Waals surface area contributed by atoms with Crippen LogP contribution in [0.4, 0.5) is 0 Å². The Labute approximate surface area is 170 Å². The van der Waals surface area contributed by atoms with Gasteiger partial charge >= 0.3 is 0 Å². The van der Waals surface area contributed by atoms with Crippen molar-refractivity contribution in [3.63, 3.8) is 0 Å². The number of pyridine rings is 1. The van der Waals surface area contributed by atoms with Crippen molar-refractivity contribution >= 4 is 11.8 Å². The molecule has 8 nitrogen and oxygen atoms in total. The summed E-state index contributed by atoms with van der Waals surface area (Å²) in [7, 11) is 1.64. The lowest BCUT2D eigenvalue weighted by Crippen LogP contribution is -2.38. The van der Waals surface area contributed by atoms with Crippen LogP contribution >= 0.6 is 0 Å². The maximum atomic E-state index is 12.6. The minimum absolute atomic E-state index is 0.00784. The molecule has 1 aliphatic rings. The number of carbonyl (C=O) groups excluding carboxylic acids is 2. The van der Waals surface area contributed by atoms with Crippen molar-refractivity contribution in [3.05, 3.63) is 53.4 Å². The summed E-state index contributed by atoms with van der Waals surface area (Å²) < 4.78 is 5.01. The molecule has 1 fully saturated rings. The third-order valence-corrected chi connectivity index (χ3v) is 5.07. The number of aryl methyl sites for hydroxylation is 1. The van der Waals surface area contributed by atoms with Gasteiger partial charge in [-0.2, -0.15) is 0 Å². The number of hydrogen-bond donors (Lipinski definition) is 1. The van der Waals surface area contributed by atoms with Gasteiger partial charge in [0, 0.05) is 57.9 Å². The predicted octanol–water partition coefficient (Wildman–Crippen LogP) is 1.97. The van der Waals surface area contributed by atoms with Crippen LogP contribution < -0.4 is 5.32 Å². The van der Waals surface area contributed by atoms with Crippen LogP contribution in [-0.2, 0) is 4.74 Å². The number of methoxy groups -OCH3 is 1. The van der Waals surface area contributed by atoms with Crippen LogP contribution in [0.5, 0.6) is 0 Å². The quantitative estimate of drug-likeness (QED) is 0.718. The second kappa shape index (κ2) is 10.1. The summed E-state index contributed by atoms with van der Waals surface area (Å²) in [5.74, 6) is 0.593. The Morgan fingerprint density at radius 1 is 1.28 bits per heavy atom. The summed E-state index contributed by atoms with van der Waals surface area (Å²) in [5.41, 5.74) is 1.89. The van der Waals surface area contributed by atoms with E-state index in [-0.39, 0.29) is 17.7 Å². The summed E-state index contributed by atoms with van der Waals surface area (Å²) in [6, 6.07) is 3.54. The summed E-state index contributed by atoms with van der Waals surface area (Å²) in [5, 5.41) is 2.91. The van der Waals surface area contributed by atoms with Crippen LogP contribution in [0.15, 0.2) is 30.7 Å². The molecule has 1 aliphatic heterocycles. The molecule has 0 aliphatic carbocycles. The molecule has 0 saturated carbocycles. The first-order chi connectivity index (χ1) is 14.1. The molecule has 2 amide bonds. The van der Waals surface area contributed by atoms with Crippen LogP contribution in [0.2, 0.25) is 0 Å². The number of ether oxygens (including phenoxy) is 1. The number of nitrogens with zero attached hydrogens (tertiary/aromatic N) is 4. The number of aromatic nitrogens is 3. The van der Waals surface area contributed by atoms with E-state index < -0.39 is 0 Å². The third-order valence-electron chi connectivity index (χ3n) is 5.07. The van der Waals surface area contributed by atoms with Gasteiger partial charge in [0.15, 0.2) is 0 Å². The molecule has 0 unspecified atom stereocenters. The van der Waals surface area contributed by atoms with E-state index in [9.17, 15) is 9.59 Å². The second-order valence-corrected chi connectivity index (χ2v) is 7.13. The lowest BCUT2D eigenvalue weighted by Gasteiger charge is -2.32. The molecule has 0 radical (unpaired) electrons. The van der Waals surface area contributed by atoms with Crippen LogP contribution in [0.3, 0.4) is 0 Å². The Hall–Kier alpha value is -2.87. The average Bonchev–Trinajstić information content (AvgIpc) is 2.77. The summed E-state index contributed by atoms with van der Waals surface area (Å²) in [6.45, 7) is 4.20. The van der Waals surface area contributed by atoms with Crippen molar-refractivity contribution < 1.29 is 14.3 Å². The van der Waals surface area contributed by atoms with E-state index in [1.807, 2.05) is 11.8 Å². The molecule has 3 heterocycles. The van der Waals surface area contributed by atoms with Crippen molar-refractivity contribution in [3.8, 4) is 0 Å². The molecule has 1 saturated heterocycles. The molecule has 0 aromatic carbocycles. The minimum Gasteiger partial charge on any atom is -0.385 e. The van der Waals surface area contributed by atoms with E-state index in [4.69, 9.17) is 4.74 Å². The van der Waals surface area contributed by atoms with Gasteiger partial charge in [0.05, 0.1) is 16.8 Å². The highest BCUT2D eigenvalue weighted by Crippen LogP contribution is 2.29. The van der Waals surface area contributed by atoms with Gasteiger partial charge in [-0.1, -0.05) is 0 Å². The van der Waals surface area contributed by atoms with E-state index in [1.165, 1.54) is 0 Å². The molecule has 0 atom stereocenters. The zero-order chi connectivity index (χ0) is 20.6. The Morgan fingerprint density at radius 3 is 2.76 bits per heavy atom. The number of nitrogens with one attached hydrogen (secondary N) is 1. The van der Waals surface area contributed by atoms with Gasteiger partial charge in [-0.15, -0.1) is 0 Å². The number of likely N-dealkylation sites (tertiary alicyclic amines) is 1. The first-order valence-electron chi connectivity index (χ1n) is 9.90. The van der Waals surface area contributed by atoms with Crippen LogP contribution in [-0.4, -0.2) is 65.0 Å². The highest BCUT2D eigenvalue weighted by Gasteiger charge is 2.28. The number of amides is 2. The minimum atomic E-state index is -0.162. The van der Waals surface area contributed by atoms with Crippen LogP contribution in [0.25, 0.3) is 0 Å². The fourth-order valence-corrected chi connectivity index (χ4v) is 3.52. The monoisotopic (exact) mass is 397 g/mol. The van der Waals surface area contributed by atoms with E-state index >= 15 is 0 Å². The van der Waals surface area contributed by atoms with Crippen molar-refractivity contribution in [1.29, 1.82) is 0 Å². The number of rotatable bonds is 7. The highest BCUT2D eigenvalue weighted by atomic mass is 16.5. The Bertz CT molecular complexity index is 835. The van der Waals surface area contributed by atoms with Crippen molar-refractivity contribution in [2.45, 2.75) is 32.1 Å². The van der Waals surface area contributed by atoms with Crippen LogP contribution in [0.1, 0.15) is 57.4 Å². The molecular weight excluding hydrogens is 370 g/mol. The van der Waals surface area contributed by atoms with Crippen molar-refractivity contribution in [1.82, 2.24) is 25.2 Å². The van der Waals surface area contributed by atoms with E-state index in [0.29, 0.717) is 43.2 Å². The fourth-order valence-electron chi connectivity index (χ4n) is 3.52. The number of carbonyl (C=O) groups is 2. The van der Waals surface area contributed by atoms with Crippen molar-refractivity contribution in [2.24, 2.45) is 0 Å². The highest BCUT2D eigenvalue weighted by molar-refractivity contribution is 5.95. The molecule has 1 N–H and O–H groups in total. The molecule has 2 aromatic rings. The fraction of sp³-hybridized carbons (Fsp3) is 0.476. The zero-order valence-electron chi connectivity index (χ0n) is 16.9. The summed E-state index contributed by atoms with van der Waals surface area (Å²) >= 11 is 0. The van der Waals surface area contributed by atoms with Gasteiger partial charge in [0.1, 0.15) is 5.82 Å². The standard InChI is InChI=1S/C21H27N5O3/c1-15-24-14-18(20(27)23-9-4-12-29-2)19(25-15)16-6-10-26(11-7-16)21(28)17-5-3-8-22-13-17/h3,5,8,13-14,16H,4,6-7,9-12H2,1-2H3,(H,23,27). The molecule has 0 bridgehead atoms.